The second kappa shape index (κ2) is 8.63. The van der Waals surface area contributed by atoms with Crippen LogP contribution in [-0.2, 0) is 17.9 Å². The van der Waals surface area contributed by atoms with Crippen molar-refractivity contribution in [3.63, 3.8) is 0 Å². The number of amides is 1. The number of piperidine rings is 1. The molecular weight excluding hydrogens is 298 g/mol. The van der Waals surface area contributed by atoms with Crippen LogP contribution < -0.4 is 10.6 Å². The van der Waals surface area contributed by atoms with Crippen molar-refractivity contribution in [1.82, 2.24) is 15.5 Å². The van der Waals surface area contributed by atoms with Gasteiger partial charge in [-0.25, -0.2) is 0 Å². The predicted molar refractivity (Wildman–Crippen MR) is 97.6 cm³/mol. The average Bonchev–Trinajstić information content (AvgIpc) is 3.40. The highest BCUT2D eigenvalue weighted by atomic mass is 16.1. The zero-order valence-corrected chi connectivity index (χ0v) is 14.9. The molecule has 0 atom stereocenters. The van der Waals surface area contributed by atoms with Crippen molar-refractivity contribution in [2.24, 2.45) is 11.8 Å². The van der Waals surface area contributed by atoms with E-state index in [0.717, 1.165) is 24.9 Å². The highest BCUT2D eigenvalue weighted by Crippen LogP contribution is 2.27. The minimum Gasteiger partial charge on any atom is -0.351 e. The summed E-state index contributed by atoms with van der Waals surface area (Å²) >= 11 is 0. The summed E-state index contributed by atoms with van der Waals surface area (Å²) in [5, 5.41) is 6.31. The molecule has 4 heteroatoms. The van der Waals surface area contributed by atoms with Crippen LogP contribution >= 0.6 is 0 Å². The molecule has 1 amide bonds. The summed E-state index contributed by atoms with van der Waals surface area (Å²) in [6, 6.07) is 8.50. The third-order valence-electron chi connectivity index (χ3n) is 5.28. The lowest BCUT2D eigenvalue weighted by Gasteiger charge is -2.30. The number of carbonyl (C=O) groups is 1. The zero-order valence-electron chi connectivity index (χ0n) is 14.9. The fourth-order valence-corrected chi connectivity index (χ4v) is 3.31. The van der Waals surface area contributed by atoms with Gasteiger partial charge in [0.25, 0.3) is 0 Å². The summed E-state index contributed by atoms with van der Waals surface area (Å²) in [5.74, 6) is 1.77. The van der Waals surface area contributed by atoms with E-state index in [0.29, 0.717) is 13.1 Å². The van der Waals surface area contributed by atoms with Crippen LogP contribution in [0.4, 0.5) is 0 Å². The molecule has 24 heavy (non-hydrogen) atoms. The molecule has 0 radical (unpaired) electrons. The van der Waals surface area contributed by atoms with Crippen LogP contribution in [0.25, 0.3) is 0 Å². The van der Waals surface area contributed by atoms with Gasteiger partial charge in [0.2, 0.25) is 5.91 Å². The Morgan fingerprint density at radius 1 is 1.12 bits per heavy atom. The van der Waals surface area contributed by atoms with Gasteiger partial charge in [0, 0.05) is 13.1 Å². The summed E-state index contributed by atoms with van der Waals surface area (Å²) in [6.07, 6.45) is 5.23. The van der Waals surface area contributed by atoms with Gasteiger partial charge in [0.1, 0.15) is 0 Å². The predicted octanol–water partition coefficient (Wildman–Crippen LogP) is 2.53. The highest BCUT2D eigenvalue weighted by molar-refractivity contribution is 5.78. The minimum atomic E-state index is 0.0947. The van der Waals surface area contributed by atoms with E-state index >= 15 is 0 Å². The molecule has 4 nitrogen and oxygen atoms in total. The van der Waals surface area contributed by atoms with Crippen molar-refractivity contribution in [3.8, 4) is 0 Å². The molecule has 1 aromatic carbocycles. The second-order valence-electron chi connectivity index (χ2n) is 7.58. The average molecular weight is 329 g/mol. The first-order valence-electron chi connectivity index (χ1n) is 9.47. The van der Waals surface area contributed by atoms with Crippen LogP contribution in [0.5, 0.6) is 0 Å². The molecule has 2 aliphatic rings. The quantitative estimate of drug-likeness (QED) is 0.770. The zero-order chi connectivity index (χ0) is 16.8. The molecule has 1 heterocycles. The number of nitrogens with one attached hydrogen (secondary N) is 2. The lowest BCUT2D eigenvalue weighted by molar-refractivity contribution is -0.120. The number of likely N-dealkylation sites (tertiary alicyclic amines) is 1. The number of carbonyl (C=O) groups excluding carboxylic acids is 1. The number of benzene rings is 1. The maximum atomic E-state index is 12.0. The molecule has 0 aromatic heterocycles. The lowest BCUT2D eigenvalue weighted by atomic mass is 9.98. The Balaban J connectivity index is 1.45. The van der Waals surface area contributed by atoms with Crippen molar-refractivity contribution in [1.29, 1.82) is 0 Å². The largest absolute Gasteiger partial charge is 0.351 e. The number of hydrogen-bond donors (Lipinski definition) is 2. The summed E-state index contributed by atoms with van der Waals surface area (Å²) in [5.41, 5.74) is 2.59. The van der Waals surface area contributed by atoms with E-state index < -0.39 is 0 Å². The van der Waals surface area contributed by atoms with E-state index in [1.165, 1.54) is 49.9 Å². The molecule has 1 aromatic rings. The van der Waals surface area contributed by atoms with Gasteiger partial charge in [-0.3, -0.25) is 9.69 Å². The number of hydrogen-bond acceptors (Lipinski definition) is 3. The summed E-state index contributed by atoms with van der Waals surface area (Å²) < 4.78 is 0. The summed E-state index contributed by atoms with van der Waals surface area (Å²) in [7, 11) is 0. The fourth-order valence-electron chi connectivity index (χ4n) is 3.31. The monoisotopic (exact) mass is 329 g/mol. The molecule has 1 aliphatic carbocycles. The summed E-state index contributed by atoms with van der Waals surface area (Å²) in [6.45, 7) is 7.76. The van der Waals surface area contributed by atoms with Crippen LogP contribution in [0.15, 0.2) is 24.3 Å². The fraction of sp³-hybridized carbons (Fsp3) is 0.650. The van der Waals surface area contributed by atoms with Gasteiger partial charge in [-0.05, 0) is 68.3 Å². The van der Waals surface area contributed by atoms with Crippen LogP contribution in [0, 0.1) is 11.8 Å². The van der Waals surface area contributed by atoms with Crippen molar-refractivity contribution >= 4 is 5.91 Å². The number of nitrogens with zero attached hydrogens (tertiary/aromatic N) is 1. The molecule has 2 fully saturated rings. The minimum absolute atomic E-state index is 0.0947. The van der Waals surface area contributed by atoms with Gasteiger partial charge in [-0.15, -0.1) is 0 Å². The van der Waals surface area contributed by atoms with Crippen LogP contribution in [0.2, 0.25) is 0 Å². The lowest BCUT2D eigenvalue weighted by Crippen LogP contribution is -2.35. The third-order valence-corrected chi connectivity index (χ3v) is 5.28. The second-order valence-corrected chi connectivity index (χ2v) is 7.58. The maximum absolute atomic E-state index is 12.0. The van der Waals surface area contributed by atoms with Gasteiger partial charge in [-0.2, -0.15) is 0 Å². The van der Waals surface area contributed by atoms with Crippen LogP contribution in [0.1, 0.15) is 43.7 Å². The van der Waals surface area contributed by atoms with Gasteiger partial charge in [0.05, 0.1) is 6.54 Å². The molecule has 0 unspecified atom stereocenters. The Labute approximate surface area is 146 Å². The van der Waals surface area contributed by atoms with E-state index in [1.807, 2.05) is 0 Å². The van der Waals surface area contributed by atoms with Crippen LogP contribution in [-0.4, -0.2) is 37.0 Å². The highest BCUT2D eigenvalue weighted by Gasteiger charge is 2.20. The van der Waals surface area contributed by atoms with Gasteiger partial charge < -0.3 is 10.6 Å². The van der Waals surface area contributed by atoms with Crippen molar-refractivity contribution < 1.29 is 4.79 Å². The summed E-state index contributed by atoms with van der Waals surface area (Å²) in [4.78, 5) is 14.5. The van der Waals surface area contributed by atoms with Crippen molar-refractivity contribution in [2.75, 3.05) is 26.2 Å². The topological polar surface area (TPSA) is 44.4 Å². The van der Waals surface area contributed by atoms with Crippen molar-refractivity contribution in [3.05, 3.63) is 35.4 Å². The maximum Gasteiger partial charge on any atom is 0.234 e. The molecule has 132 valence electrons. The first kappa shape index (κ1) is 17.4. The smallest absolute Gasteiger partial charge is 0.234 e. The Hall–Kier alpha value is -1.39. The Bertz CT molecular complexity index is 533. The SMILES string of the molecule is CC1CCN(Cc2ccccc2CNC(=O)CNCC2CC2)CC1. The first-order chi connectivity index (χ1) is 11.7. The Kier molecular flexibility index (Phi) is 6.27. The standard InChI is InChI=1S/C20H31N3O/c1-16-8-10-23(11-9-16)15-19-5-3-2-4-18(19)13-22-20(24)14-21-12-17-6-7-17/h2-5,16-17,21H,6-15H2,1H3,(H,22,24). The van der Waals surface area contributed by atoms with Crippen molar-refractivity contribution in [2.45, 2.75) is 45.7 Å². The van der Waals surface area contributed by atoms with E-state index in [1.54, 1.807) is 0 Å². The van der Waals surface area contributed by atoms with Crippen LogP contribution in [0.3, 0.4) is 0 Å². The molecule has 3 rings (SSSR count). The normalized spacial score (nSPS) is 19.4. The first-order valence-corrected chi connectivity index (χ1v) is 9.47. The van der Waals surface area contributed by atoms with E-state index in [4.69, 9.17) is 0 Å². The molecule has 0 spiro atoms. The van der Waals surface area contributed by atoms with E-state index in [9.17, 15) is 4.79 Å². The van der Waals surface area contributed by atoms with Gasteiger partial charge in [-0.1, -0.05) is 31.2 Å². The van der Waals surface area contributed by atoms with E-state index in [-0.39, 0.29) is 5.91 Å². The van der Waals surface area contributed by atoms with E-state index in [2.05, 4.69) is 46.7 Å². The molecule has 1 aliphatic heterocycles. The molecular formula is C20H31N3O. The number of rotatable bonds is 8. The Morgan fingerprint density at radius 2 is 1.83 bits per heavy atom. The molecule has 1 saturated carbocycles. The molecule has 1 saturated heterocycles. The third kappa shape index (κ3) is 5.60. The Morgan fingerprint density at radius 3 is 2.54 bits per heavy atom. The molecule has 2 N–H and O–H groups in total. The van der Waals surface area contributed by atoms with Gasteiger partial charge >= 0.3 is 0 Å². The molecule has 0 bridgehead atoms. The van der Waals surface area contributed by atoms with Gasteiger partial charge in [0.15, 0.2) is 0 Å².